The van der Waals surface area contributed by atoms with E-state index >= 15 is 0 Å². The standard InChI is InChI=1S/C17H31N5S/c1-4-18-17(19-8-7-16-6-5-13-23-16)20-14-15(2)22-11-9-21(3)10-12-22/h5-6,13,15H,4,7-12,14H2,1-3H3,(H2,18,19,20). The van der Waals surface area contributed by atoms with E-state index in [1.807, 2.05) is 11.3 Å². The summed E-state index contributed by atoms with van der Waals surface area (Å²) < 4.78 is 0. The van der Waals surface area contributed by atoms with Crippen molar-refractivity contribution in [3.05, 3.63) is 22.4 Å². The molecule has 23 heavy (non-hydrogen) atoms. The van der Waals surface area contributed by atoms with Crippen LogP contribution in [-0.4, -0.2) is 74.7 Å². The Labute approximate surface area is 144 Å². The van der Waals surface area contributed by atoms with Crippen molar-refractivity contribution in [3.8, 4) is 0 Å². The lowest BCUT2D eigenvalue weighted by Crippen LogP contribution is -2.49. The molecule has 1 unspecified atom stereocenters. The van der Waals surface area contributed by atoms with Gasteiger partial charge in [-0.1, -0.05) is 6.07 Å². The Kier molecular flexibility index (Phi) is 7.85. The molecule has 5 nitrogen and oxygen atoms in total. The molecule has 1 fully saturated rings. The third-order valence-corrected chi connectivity index (χ3v) is 5.20. The van der Waals surface area contributed by atoms with Gasteiger partial charge < -0.3 is 15.5 Å². The lowest BCUT2D eigenvalue weighted by Gasteiger charge is -2.35. The van der Waals surface area contributed by atoms with Crippen LogP contribution >= 0.6 is 11.3 Å². The highest BCUT2D eigenvalue weighted by Gasteiger charge is 2.18. The first-order valence-electron chi connectivity index (χ1n) is 8.66. The van der Waals surface area contributed by atoms with Gasteiger partial charge in [-0.15, -0.1) is 11.3 Å². The van der Waals surface area contributed by atoms with Crippen LogP contribution in [0.3, 0.4) is 0 Å². The first-order chi connectivity index (χ1) is 11.2. The summed E-state index contributed by atoms with van der Waals surface area (Å²) >= 11 is 1.81. The van der Waals surface area contributed by atoms with E-state index in [1.165, 1.54) is 4.88 Å². The van der Waals surface area contributed by atoms with Crippen molar-refractivity contribution in [1.29, 1.82) is 0 Å². The topological polar surface area (TPSA) is 42.9 Å². The fraction of sp³-hybridized carbons (Fsp3) is 0.706. The summed E-state index contributed by atoms with van der Waals surface area (Å²) in [5, 5.41) is 8.92. The van der Waals surface area contributed by atoms with Gasteiger partial charge in [0.1, 0.15) is 0 Å². The van der Waals surface area contributed by atoms with Gasteiger partial charge in [0.15, 0.2) is 5.96 Å². The number of nitrogens with zero attached hydrogens (tertiary/aromatic N) is 3. The fourth-order valence-electron chi connectivity index (χ4n) is 2.70. The summed E-state index contributed by atoms with van der Waals surface area (Å²) in [6, 6.07) is 4.79. The van der Waals surface area contributed by atoms with E-state index in [0.29, 0.717) is 6.04 Å². The second-order valence-electron chi connectivity index (χ2n) is 6.16. The highest BCUT2D eigenvalue weighted by Crippen LogP contribution is 2.08. The average Bonchev–Trinajstić information content (AvgIpc) is 3.06. The van der Waals surface area contributed by atoms with Crippen LogP contribution in [0.2, 0.25) is 0 Å². The SMILES string of the molecule is CCNC(=NCC(C)N1CCN(C)CC1)NCCc1cccs1. The number of aliphatic imine (C=N–C) groups is 1. The van der Waals surface area contributed by atoms with Gasteiger partial charge in [0, 0.05) is 50.2 Å². The summed E-state index contributed by atoms with van der Waals surface area (Å²) in [4.78, 5) is 11.1. The number of hydrogen-bond acceptors (Lipinski definition) is 4. The highest BCUT2D eigenvalue weighted by molar-refractivity contribution is 7.09. The molecule has 2 rings (SSSR count). The Morgan fingerprint density at radius 3 is 2.74 bits per heavy atom. The number of guanidine groups is 1. The molecule has 2 heterocycles. The zero-order valence-corrected chi connectivity index (χ0v) is 15.5. The molecule has 0 saturated carbocycles. The maximum Gasteiger partial charge on any atom is 0.191 e. The van der Waals surface area contributed by atoms with E-state index in [2.05, 4.69) is 58.8 Å². The molecule has 1 aliphatic heterocycles. The number of rotatable bonds is 7. The lowest BCUT2D eigenvalue weighted by atomic mass is 10.2. The van der Waals surface area contributed by atoms with Gasteiger partial charge in [-0.25, -0.2) is 0 Å². The van der Waals surface area contributed by atoms with E-state index in [0.717, 1.165) is 58.2 Å². The molecule has 0 amide bonds. The lowest BCUT2D eigenvalue weighted by molar-refractivity contribution is 0.122. The number of hydrogen-bond donors (Lipinski definition) is 2. The minimum absolute atomic E-state index is 0.497. The maximum absolute atomic E-state index is 4.77. The molecule has 1 aliphatic rings. The van der Waals surface area contributed by atoms with Gasteiger partial charge in [0.25, 0.3) is 0 Å². The molecular weight excluding hydrogens is 306 g/mol. The largest absolute Gasteiger partial charge is 0.357 e. The molecular formula is C17H31N5S. The van der Waals surface area contributed by atoms with Gasteiger partial charge in [-0.2, -0.15) is 0 Å². The first kappa shape index (κ1) is 18.2. The molecule has 0 aliphatic carbocycles. The van der Waals surface area contributed by atoms with Crippen LogP contribution in [0, 0.1) is 0 Å². The zero-order valence-electron chi connectivity index (χ0n) is 14.7. The summed E-state index contributed by atoms with van der Waals surface area (Å²) in [5.74, 6) is 0.935. The number of likely N-dealkylation sites (N-methyl/N-ethyl adjacent to an activating group) is 1. The molecule has 0 aromatic carbocycles. The number of nitrogens with one attached hydrogen (secondary N) is 2. The molecule has 0 bridgehead atoms. The van der Waals surface area contributed by atoms with Crippen LogP contribution in [0.1, 0.15) is 18.7 Å². The molecule has 2 N–H and O–H groups in total. The summed E-state index contributed by atoms with van der Waals surface area (Å²) in [6.45, 7) is 11.7. The second-order valence-corrected chi connectivity index (χ2v) is 7.20. The van der Waals surface area contributed by atoms with Crippen molar-refractivity contribution in [1.82, 2.24) is 20.4 Å². The van der Waals surface area contributed by atoms with Gasteiger partial charge in [0.05, 0.1) is 6.54 Å². The Bertz CT molecular complexity index is 452. The monoisotopic (exact) mass is 337 g/mol. The molecule has 1 saturated heterocycles. The van der Waals surface area contributed by atoms with E-state index in [1.54, 1.807) is 0 Å². The zero-order chi connectivity index (χ0) is 16.5. The molecule has 0 radical (unpaired) electrons. The Balaban J connectivity index is 1.75. The number of thiophene rings is 1. The van der Waals surface area contributed by atoms with Crippen LogP contribution in [0.5, 0.6) is 0 Å². The molecule has 1 atom stereocenters. The normalized spacial score (nSPS) is 18.8. The maximum atomic E-state index is 4.77. The average molecular weight is 338 g/mol. The third-order valence-electron chi connectivity index (χ3n) is 4.26. The van der Waals surface area contributed by atoms with Crippen LogP contribution < -0.4 is 10.6 Å². The molecule has 0 spiro atoms. The van der Waals surface area contributed by atoms with Crippen molar-refractivity contribution >= 4 is 17.3 Å². The van der Waals surface area contributed by atoms with Crippen LogP contribution in [0.15, 0.2) is 22.5 Å². The van der Waals surface area contributed by atoms with E-state index in [9.17, 15) is 0 Å². The van der Waals surface area contributed by atoms with Gasteiger partial charge in [0.2, 0.25) is 0 Å². The Hall–Kier alpha value is -1.11. The predicted molar refractivity (Wildman–Crippen MR) is 101 cm³/mol. The minimum atomic E-state index is 0.497. The van der Waals surface area contributed by atoms with Crippen LogP contribution in [0.4, 0.5) is 0 Å². The summed E-state index contributed by atoms with van der Waals surface area (Å²) in [5.41, 5.74) is 0. The van der Waals surface area contributed by atoms with Crippen LogP contribution in [0.25, 0.3) is 0 Å². The molecule has 1 aromatic heterocycles. The van der Waals surface area contributed by atoms with Crippen molar-refractivity contribution in [3.63, 3.8) is 0 Å². The first-order valence-corrected chi connectivity index (χ1v) is 9.54. The number of piperazine rings is 1. The van der Waals surface area contributed by atoms with Gasteiger partial charge in [-0.05, 0) is 38.8 Å². The highest BCUT2D eigenvalue weighted by atomic mass is 32.1. The van der Waals surface area contributed by atoms with E-state index in [-0.39, 0.29) is 0 Å². The summed E-state index contributed by atoms with van der Waals surface area (Å²) in [6.07, 6.45) is 1.05. The van der Waals surface area contributed by atoms with Crippen molar-refractivity contribution in [2.24, 2.45) is 4.99 Å². The Morgan fingerprint density at radius 2 is 2.09 bits per heavy atom. The smallest absolute Gasteiger partial charge is 0.191 e. The van der Waals surface area contributed by atoms with E-state index < -0.39 is 0 Å². The quantitative estimate of drug-likeness (QED) is 0.584. The predicted octanol–water partition coefficient (Wildman–Crippen LogP) is 1.48. The van der Waals surface area contributed by atoms with Crippen molar-refractivity contribution < 1.29 is 0 Å². The second kappa shape index (κ2) is 9.90. The van der Waals surface area contributed by atoms with Crippen LogP contribution in [-0.2, 0) is 6.42 Å². The minimum Gasteiger partial charge on any atom is -0.357 e. The summed E-state index contributed by atoms with van der Waals surface area (Å²) in [7, 11) is 2.20. The Morgan fingerprint density at radius 1 is 1.30 bits per heavy atom. The molecule has 130 valence electrons. The van der Waals surface area contributed by atoms with Gasteiger partial charge >= 0.3 is 0 Å². The fourth-order valence-corrected chi connectivity index (χ4v) is 3.41. The third kappa shape index (κ3) is 6.49. The van der Waals surface area contributed by atoms with Gasteiger partial charge in [-0.3, -0.25) is 9.89 Å². The molecule has 1 aromatic rings. The molecule has 6 heteroatoms. The van der Waals surface area contributed by atoms with E-state index in [4.69, 9.17) is 4.99 Å². The van der Waals surface area contributed by atoms with Crippen molar-refractivity contribution in [2.75, 3.05) is 52.9 Å². The van der Waals surface area contributed by atoms with Crippen molar-refractivity contribution in [2.45, 2.75) is 26.3 Å².